The van der Waals surface area contributed by atoms with Gasteiger partial charge in [-0.2, -0.15) is 4.31 Å². The van der Waals surface area contributed by atoms with Crippen LogP contribution in [0.1, 0.15) is 25.7 Å². The highest BCUT2D eigenvalue weighted by Crippen LogP contribution is 2.33. The molecule has 166 valence electrons. The predicted molar refractivity (Wildman–Crippen MR) is 117 cm³/mol. The molecule has 2 aliphatic rings. The van der Waals surface area contributed by atoms with Gasteiger partial charge in [-0.1, -0.05) is 12.8 Å². The van der Waals surface area contributed by atoms with Gasteiger partial charge in [0.2, 0.25) is 16.0 Å². The van der Waals surface area contributed by atoms with Crippen molar-refractivity contribution >= 4 is 27.3 Å². The molecule has 0 unspecified atom stereocenters. The fourth-order valence-electron chi connectivity index (χ4n) is 4.11. The summed E-state index contributed by atoms with van der Waals surface area (Å²) in [5, 5.41) is 11.8. The molecule has 2 saturated heterocycles. The molecule has 0 bridgehead atoms. The van der Waals surface area contributed by atoms with Crippen LogP contribution in [0.2, 0.25) is 0 Å². The van der Waals surface area contributed by atoms with Gasteiger partial charge in [-0.05, 0) is 31.0 Å². The van der Waals surface area contributed by atoms with Crippen molar-refractivity contribution in [3.05, 3.63) is 46.8 Å². The molecule has 2 fully saturated rings. The first-order valence-electron chi connectivity index (χ1n) is 10.5. The van der Waals surface area contributed by atoms with Crippen LogP contribution in [0.25, 0.3) is 0 Å². The van der Waals surface area contributed by atoms with Gasteiger partial charge in [0, 0.05) is 57.7 Å². The topological polar surface area (TPSA) is 113 Å². The van der Waals surface area contributed by atoms with E-state index in [0.717, 1.165) is 25.7 Å². The van der Waals surface area contributed by atoms with Gasteiger partial charge in [0.1, 0.15) is 5.69 Å². The maximum atomic E-state index is 13.1. The van der Waals surface area contributed by atoms with Crippen LogP contribution in [0.15, 0.2) is 41.6 Å². The highest BCUT2D eigenvalue weighted by atomic mass is 32.2. The third kappa shape index (κ3) is 4.62. The number of hydrogen-bond acceptors (Lipinski definition) is 8. The zero-order valence-electron chi connectivity index (χ0n) is 17.3. The summed E-state index contributed by atoms with van der Waals surface area (Å²) in [6.45, 7) is 3.27. The SMILES string of the molecule is O=[N+]([O-])c1cc(S(=O)(=O)N2CCCCCC2)ccc1N1CCN(c2ncccn2)CC1. The summed E-state index contributed by atoms with van der Waals surface area (Å²) >= 11 is 0. The number of benzene rings is 1. The van der Waals surface area contributed by atoms with E-state index < -0.39 is 14.9 Å². The number of nitro groups is 1. The van der Waals surface area contributed by atoms with E-state index in [1.165, 1.54) is 16.4 Å². The maximum absolute atomic E-state index is 13.1. The lowest BCUT2D eigenvalue weighted by molar-refractivity contribution is -0.384. The number of aromatic nitrogens is 2. The number of hydrogen-bond donors (Lipinski definition) is 0. The van der Waals surface area contributed by atoms with Crippen molar-refractivity contribution in [2.45, 2.75) is 30.6 Å². The molecule has 0 amide bonds. The van der Waals surface area contributed by atoms with Crippen LogP contribution in [0, 0.1) is 10.1 Å². The number of anilines is 2. The minimum atomic E-state index is -3.75. The average molecular weight is 447 g/mol. The summed E-state index contributed by atoms with van der Waals surface area (Å²) in [7, 11) is -3.75. The van der Waals surface area contributed by atoms with Crippen molar-refractivity contribution in [1.29, 1.82) is 0 Å². The summed E-state index contributed by atoms with van der Waals surface area (Å²) in [5.41, 5.74) is 0.258. The highest BCUT2D eigenvalue weighted by Gasteiger charge is 2.30. The second-order valence-corrected chi connectivity index (χ2v) is 9.69. The van der Waals surface area contributed by atoms with E-state index in [0.29, 0.717) is 50.9 Å². The standard InChI is InChI=1S/C20H26N6O4S/c27-26(28)19-16-17(31(29,30)25-10-3-1-2-4-11-25)6-7-18(19)23-12-14-24(15-13-23)20-21-8-5-9-22-20/h5-9,16H,1-4,10-15H2. The third-order valence-corrected chi connectivity index (χ3v) is 7.70. The van der Waals surface area contributed by atoms with E-state index in [2.05, 4.69) is 9.97 Å². The molecule has 31 heavy (non-hydrogen) atoms. The van der Waals surface area contributed by atoms with Gasteiger partial charge in [-0.25, -0.2) is 18.4 Å². The quantitative estimate of drug-likeness (QED) is 0.508. The van der Waals surface area contributed by atoms with Crippen molar-refractivity contribution in [2.75, 3.05) is 49.1 Å². The second-order valence-electron chi connectivity index (χ2n) is 7.75. The molecule has 0 aliphatic carbocycles. The molecule has 4 rings (SSSR count). The van der Waals surface area contributed by atoms with Crippen molar-refractivity contribution in [2.24, 2.45) is 0 Å². The van der Waals surface area contributed by atoms with Gasteiger partial charge < -0.3 is 9.80 Å². The molecule has 0 saturated carbocycles. The molecule has 0 N–H and O–H groups in total. The van der Waals surface area contributed by atoms with E-state index in [4.69, 9.17) is 0 Å². The smallest absolute Gasteiger partial charge is 0.293 e. The molecule has 2 aliphatic heterocycles. The Labute approximate surface area is 181 Å². The van der Waals surface area contributed by atoms with Gasteiger partial charge in [0.15, 0.2) is 0 Å². The first-order chi connectivity index (χ1) is 15.0. The van der Waals surface area contributed by atoms with Gasteiger partial charge in [0.05, 0.1) is 9.82 Å². The second kappa shape index (κ2) is 9.15. The molecule has 3 heterocycles. The monoisotopic (exact) mass is 446 g/mol. The maximum Gasteiger partial charge on any atom is 0.293 e. The normalized spacial score (nSPS) is 18.6. The lowest BCUT2D eigenvalue weighted by Gasteiger charge is -2.35. The molecular formula is C20H26N6O4S. The summed E-state index contributed by atoms with van der Waals surface area (Å²) < 4.78 is 27.6. The molecule has 0 radical (unpaired) electrons. The van der Waals surface area contributed by atoms with Crippen molar-refractivity contribution in [1.82, 2.24) is 14.3 Å². The van der Waals surface area contributed by atoms with Crippen LogP contribution in [-0.4, -0.2) is 66.9 Å². The Bertz CT molecular complexity index is 1020. The Morgan fingerprint density at radius 1 is 0.871 bits per heavy atom. The zero-order valence-corrected chi connectivity index (χ0v) is 18.1. The lowest BCUT2D eigenvalue weighted by atomic mass is 10.2. The van der Waals surface area contributed by atoms with E-state index in [1.54, 1.807) is 24.5 Å². The number of nitro benzene ring substituents is 1. The molecule has 2 aromatic rings. The third-order valence-electron chi connectivity index (χ3n) is 5.80. The summed E-state index contributed by atoms with van der Waals surface area (Å²) in [4.78, 5) is 23.7. The number of rotatable bonds is 5. The molecule has 1 aromatic carbocycles. The Balaban J connectivity index is 1.55. The van der Waals surface area contributed by atoms with E-state index in [-0.39, 0.29) is 10.6 Å². The van der Waals surface area contributed by atoms with Crippen LogP contribution in [0.3, 0.4) is 0 Å². The summed E-state index contributed by atoms with van der Waals surface area (Å²) in [6.07, 6.45) is 7.01. The van der Waals surface area contributed by atoms with Crippen molar-refractivity contribution in [3.8, 4) is 0 Å². The van der Waals surface area contributed by atoms with Gasteiger partial charge in [-0.3, -0.25) is 10.1 Å². The van der Waals surface area contributed by atoms with E-state index in [9.17, 15) is 18.5 Å². The highest BCUT2D eigenvalue weighted by molar-refractivity contribution is 7.89. The Morgan fingerprint density at radius 3 is 2.10 bits per heavy atom. The summed E-state index contributed by atoms with van der Waals surface area (Å²) in [6, 6.07) is 6.03. The molecule has 1 aromatic heterocycles. The van der Waals surface area contributed by atoms with Gasteiger partial charge in [-0.15, -0.1) is 0 Å². The van der Waals surface area contributed by atoms with Gasteiger partial charge >= 0.3 is 0 Å². The Morgan fingerprint density at radius 2 is 1.48 bits per heavy atom. The van der Waals surface area contributed by atoms with Gasteiger partial charge in [0.25, 0.3) is 5.69 Å². The first kappa shape index (κ1) is 21.4. The minimum Gasteiger partial charge on any atom is -0.362 e. The van der Waals surface area contributed by atoms with Crippen LogP contribution in [-0.2, 0) is 10.0 Å². The van der Waals surface area contributed by atoms with E-state index in [1.807, 2.05) is 9.80 Å². The van der Waals surface area contributed by atoms with E-state index >= 15 is 0 Å². The summed E-state index contributed by atoms with van der Waals surface area (Å²) in [5.74, 6) is 0.635. The number of sulfonamides is 1. The molecule has 11 heteroatoms. The Hall–Kier alpha value is -2.79. The fourth-order valence-corrected chi connectivity index (χ4v) is 5.65. The van der Waals surface area contributed by atoms with Crippen molar-refractivity contribution in [3.63, 3.8) is 0 Å². The molecule has 10 nitrogen and oxygen atoms in total. The largest absolute Gasteiger partial charge is 0.362 e. The minimum absolute atomic E-state index is 0.0128. The van der Waals surface area contributed by atoms with Crippen LogP contribution in [0.4, 0.5) is 17.3 Å². The molecular weight excluding hydrogens is 420 g/mol. The lowest BCUT2D eigenvalue weighted by Crippen LogP contribution is -2.47. The van der Waals surface area contributed by atoms with Crippen LogP contribution < -0.4 is 9.80 Å². The molecule has 0 atom stereocenters. The van der Waals surface area contributed by atoms with Crippen LogP contribution >= 0.6 is 0 Å². The number of piperazine rings is 1. The molecule has 0 spiro atoms. The van der Waals surface area contributed by atoms with Crippen molar-refractivity contribution < 1.29 is 13.3 Å². The zero-order chi connectivity index (χ0) is 21.8. The first-order valence-corrected chi connectivity index (χ1v) is 12.0. The predicted octanol–water partition coefficient (Wildman–Crippen LogP) is 2.28. The fraction of sp³-hybridized carbons (Fsp3) is 0.500. The van der Waals surface area contributed by atoms with Crippen LogP contribution in [0.5, 0.6) is 0 Å². The Kier molecular flexibility index (Phi) is 6.33. The average Bonchev–Trinajstić information content (AvgIpc) is 3.10. The number of nitrogens with zero attached hydrogens (tertiary/aromatic N) is 6.